The van der Waals surface area contributed by atoms with Gasteiger partial charge >= 0.3 is 12.1 Å². The molecule has 0 atom stereocenters. The fourth-order valence-electron chi connectivity index (χ4n) is 1.39. The molecule has 0 saturated heterocycles. The standard InChI is InChI=1S/C11H11F3N2O2/c12-11(13,14)10(18)16-6-5-7-3-1-2-4-8(7)9(15)17/h1-4H,5-6H2,(H2,15,17)(H,16,18). The molecule has 1 rings (SSSR count). The Hall–Kier alpha value is -2.05. The number of carbonyl (C=O) groups excluding carboxylic acids is 2. The number of rotatable bonds is 4. The molecule has 0 fully saturated rings. The van der Waals surface area contributed by atoms with Crippen molar-refractivity contribution in [2.24, 2.45) is 5.73 Å². The molecule has 0 saturated carbocycles. The first-order valence-corrected chi connectivity index (χ1v) is 5.05. The second-order valence-electron chi connectivity index (χ2n) is 3.53. The van der Waals surface area contributed by atoms with Crippen LogP contribution in [-0.2, 0) is 11.2 Å². The van der Waals surface area contributed by atoms with Gasteiger partial charge in [0.2, 0.25) is 5.91 Å². The smallest absolute Gasteiger partial charge is 0.366 e. The van der Waals surface area contributed by atoms with Gasteiger partial charge in [-0.2, -0.15) is 13.2 Å². The zero-order valence-corrected chi connectivity index (χ0v) is 9.25. The Bertz CT molecular complexity index is 458. The number of amides is 2. The maximum absolute atomic E-state index is 11.9. The topological polar surface area (TPSA) is 72.2 Å². The number of halogens is 3. The third kappa shape index (κ3) is 3.76. The Morgan fingerprint density at radius 3 is 2.39 bits per heavy atom. The van der Waals surface area contributed by atoms with E-state index in [1.165, 1.54) is 6.07 Å². The van der Waals surface area contributed by atoms with Crippen molar-refractivity contribution in [2.45, 2.75) is 12.6 Å². The fraction of sp³-hybridized carbons (Fsp3) is 0.273. The van der Waals surface area contributed by atoms with Crippen molar-refractivity contribution in [3.05, 3.63) is 35.4 Å². The lowest BCUT2D eigenvalue weighted by molar-refractivity contribution is -0.173. The third-order valence-electron chi connectivity index (χ3n) is 2.22. The number of alkyl halides is 3. The summed E-state index contributed by atoms with van der Waals surface area (Å²) in [6.45, 7) is -0.220. The highest BCUT2D eigenvalue weighted by atomic mass is 19.4. The Morgan fingerprint density at radius 2 is 1.83 bits per heavy atom. The largest absolute Gasteiger partial charge is 0.471 e. The van der Waals surface area contributed by atoms with Gasteiger partial charge in [-0.1, -0.05) is 18.2 Å². The zero-order chi connectivity index (χ0) is 13.8. The molecule has 4 nitrogen and oxygen atoms in total. The number of hydrogen-bond acceptors (Lipinski definition) is 2. The summed E-state index contributed by atoms with van der Waals surface area (Å²) < 4.78 is 35.7. The fourth-order valence-corrected chi connectivity index (χ4v) is 1.39. The van der Waals surface area contributed by atoms with E-state index in [0.29, 0.717) is 5.56 Å². The van der Waals surface area contributed by atoms with E-state index in [9.17, 15) is 22.8 Å². The zero-order valence-electron chi connectivity index (χ0n) is 9.25. The minimum atomic E-state index is -4.90. The predicted molar refractivity (Wildman–Crippen MR) is 57.7 cm³/mol. The average Bonchev–Trinajstić information content (AvgIpc) is 2.28. The Morgan fingerprint density at radius 1 is 1.22 bits per heavy atom. The monoisotopic (exact) mass is 260 g/mol. The predicted octanol–water partition coefficient (Wildman–Crippen LogP) is 1.01. The Kier molecular flexibility index (Phi) is 4.30. The van der Waals surface area contributed by atoms with Crippen molar-refractivity contribution in [3.8, 4) is 0 Å². The lowest BCUT2D eigenvalue weighted by atomic mass is 10.0. The van der Waals surface area contributed by atoms with Crippen LogP contribution >= 0.6 is 0 Å². The van der Waals surface area contributed by atoms with E-state index < -0.39 is 18.0 Å². The number of nitrogens with two attached hydrogens (primary N) is 1. The molecule has 0 unspecified atom stereocenters. The molecule has 2 amide bonds. The van der Waals surface area contributed by atoms with Crippen LogP contribution in [0, 0.1) is 0 Å². The molecule has 7 heteroatoms. The van der Waals surface area contributed by atoms with Gasteiger partial charge in [0.15, 0.2) is 0 Å². The summed E-state index contributed by atoms with van der Waals surface area (Å²) in [6.07, 6.45) is -4.80. The molecule has 0 aliphatic carbocycles. The van der Waals surface area contributed by atoms with Gasteiger partial charge in [-0.15, -0.1) is 0 Å². The van der Waals surface area contributed by atoms with E-state index >= 15 is 0 Å². The highest BCUT2D eigenvalue weighted by Gasteiger charge is 2.38. The van der Waals surface area contributed by atoms with Crippen LogP contribution in [0.4, 0.5) is 13.2 Å². The summed E-state index contributed by atoms with van der Waals surface area (Å²) >= 11 is 0. The first-order chi connectivity index (χ1) is 8.32. The summed E-state index contributed by atoms with van der Waals surface area (Å²) in [7, 11) is 0. The van der Waals surface area contributed by atoms with Crippen LogP contribution in [0.2, 0.25) is 0 Å². The molecule has 0 aromatic heterocycles. The SMILES string of the molecule is NC(=O)c1ccccc1CCNC(=O)C(F)(F)F. The number of carbonyl (C=O) groups is 2. The molecular formula is C11H11F3N2O2. The summed E-state index contributed by atoms with van der Waals surface area (Å²) in [6, 6.07) is 6.27. The van der Waals surface area contributed by atoms with Crippen LogP contribution in [-0.4, -0.2) is 24.5 Å². The molecule has 18 heavy (non-hydrogen) atoms. The minimum Gasteiger partial charge on any atom is -0.366 e. The van der Waals surface area contributed by atoms with E-state index in [1.54, 1.807) is 23.5 Å². The van der Waals surface area contributed by atoms with Gasteiger partial charge in [-0.25, -0.2) is 0 Å². The summed E-state index contributed by atoms with van der Waals surface area (Å²) in [5.74, 6) is -2.66. The van der Waals surface area contributed by atoms with Crippen molar-refractivity contribution >= 4 is 11.8 Å². The van der Waals surface area contributed by atoms with E-state index in [1.807, 2.05) is 0 Å². The first-order valence-electron chi connectivity index (χ1n) is 5.05. The average molecular weight is 260 g/mol. The van der Waals surface area contributed by atoms with E-state index in [4.69, 9.17) is 5.73 Å². The van der Waals surface area contributed by atoms with Gasteiger partial charge in [-0.3, -0.25) is 9.59 Å². The van der Waals surface area contributed by atoms with Gasteiger partial charge in [0.1, 0.15) is 0 Å². The molecule has 0 heterocycles. The van der Waals surface area contributed by atoms with Crippen LogP contribution in [0.3, 0.4) is 0 Å². The van der Waals surface area contributed by atoms with Crippen LogP contribution in [0.5, 0.6) is 0 Å². The molecule has 0 bridgehead atoms. The van der Waals surface area contributed by atoms with Crippen molar-refractivity contribution in [3.63, 3.8) is 0 Å². The third-order valence-corrected chi connectivity index (χ3v) is 2.22. The summed E-state index contributed by atoms with van der Waals surface area (Å²) in [5, 5.41) is 1.72. The number of hydrogen-bond donors (Lipinski definition) is 2. The highest BCUT2D eigenvalue weighted by Crippen LogP contribution is 2.14. The number of benzene rings is 1. The molecule has 0 spiro atoms. The van der Waals surface area contributed by atoms with Gasteiger partial charge in [0, 0.05) is 12.1 Å². The first kappa shape index (κ1) is 14.0. The van der Waals surface area contributed by atoms with Crippen molar-refractivity contribution in [2.75, 3.05) is 6.54 Å². The molecule has 0 aliphatic heterocycles. The number of nitrogens with one attached hydrogen (secondary N) is 1. The maximum Gasteiger partial charge on any atom is 0.471 e. The maximum atomic E-state index is 11.9. The van der Waals surface area contributed by atoms with Crippen LogP contribution < -0.4 is 11.1 Å². The molecular weight excluding hydrogens is 249 g/mol. The van der Waals surface area contributed by atoms with E-state index in [-0.39, 0.29) is 18.5 Å². The Labute approximate surface area is 101 Å². The molecule has 1 aromatic rings. The van der Waals surface area contributed by atoms with Crippen molar-refractivity contribution < 1.29 is 22.8 Å². The Balaban J connectivity index is 2.60. The van der Waals surface area contributed by atoms with E-state index in [2.05, 4.69) is 0 Å². The van der Waals surface area contributed by atoms with Gasteiger partial charge < -0.3 is 11.1 Å². The molecule has 1 aromatic carbocycles. The van der Waals surface area contributed by atoms with Crippen molar-refractivity contribution in [1.29, 1.82) is 0 Å². The molecule has 3 N–H and O–H groups in total. The van der Waals surface area contributed by atoms with Gasteiger partial charge in [0.05, 0.1) is 0 Å². The summed E-state index contributed by atoms with van der Waals surface area (Å²) in [4.78, 5) is 21.6. The lowest BCUT2D eigenvalue weighted by Crippen LogP contribution is -2.37. The normalized spacial score (nSPS) is 11.1. The quantitative estimate of drug-likeness (QED) is 0.847. The van der Waals surface area contributed by atoms with Gasteiger partial charge in [-0.05, 0) is 18.1 Å². The van der Waals surface area contributed by atoms with Gasteiger partial charge in [0.25, 0.3) is 0 Å². The lowest BCUT2D eigenvalue weighted by Gasteiger charge is -2.09. The van der Waals surface area contributed by atoms with E-state index in [0.717, 1.165) is 0 Å². The molecule has 0 radical (unpaired) electrons. The minimum absolute atomic E-state index is 0.0981. The highest BCUT2D eigenvalue weighted by molar-refractivity contribution is 5.94. The number of primary amides is 1. The van der Waals surface area contributed by atoms with Crippen LogP contribution in [0.25, 0.3) is 0 Å². The molecule has 98 valence electrons. The van der Waals surface area contributed by atoms with Crippen LogP contribution in [0.15, 0.2) is 24.3 Å². The second-order valence-corrected chi connectivity index (χ2v) is 3.53. The summed E-state index contributed by atoms with van der Waals surface area (Å²) in [5.41, 5.74) is 5.84. The van der Waals surface area contributed by atoms with Crippen molar-refractivity contribution in [1.82, 2.24) is 5.32 Å². The van der Waals surface area contributed by atoms with Crippen LogP contribution in [0.1, 0.15) is 15.9 Å². The molecule has 0 aliphatic rings. The second kappa shape index (κ2) is 5.52.